The van der Waals surface area contributed by atoms with Gasteiger partial charge < -0.3 is 5.11 Å². The molecule has 0 spiro atoms. The van der Waals surface area contributed by atoms with Crippen LogP contribution in [0.15, 0.2) is 6.07 Å². The molecule has 0 aromatic carbocycles. The molecular weight excluding hydrogens is 162 g/mol. The molecule has 1 heterocycles. The van der Waals surface area contributed by atoms with E-state index in [4.69, 9.17) is 5.11 Å². The van der Waals surface area contributed by atoms with Gasteiger partial charge in [0.25, 0.3) is 0 Å². The Hall–Kier alpha value is -0.890. The Morgan fingerprint density at radius 3 is 2.38 bits per heavy atom. The van der Waals surface area contributed by atoms with Gasteiger partial charge in [0.2, 0.25) is 0 Å². The van der Waals surface area contributed by atoms with E-state index >= 15 is 0 Å². The van der Waals surface area contributed by atoms with Crippen LogP contribution in [-0.2, 0) is 6.61 Å². The summed E-state index contributed by atoms with van der Waals surface area (Å²) in [5.74, 6) is 0.500. The third kappa shape index (κ3) is 2.07. The van der Waals surface area contributed by atoms with Crippen LogP contribution in [0, 0.1) is 13.8 Å². The van der Waals surface area contributed by atoms with Crippen LogP contribution in [0.4, 0.5) is 0 Å². The Kier molecular flexibility index (Phi) is 3.04. The molecule has 1 aromatic rings. The first-order valence-electron chi connectivity index (χ1n) is 4.64. The first-order chi connectivity index (χ1) is 6.06. The van der Waals surface area contributed by atoms with Gasteiger partial charge in [-0.2, -0.15) is 0 Å². The molecule has 1 N–H and O–H groups in total. The third-order valence-corrected chi connectivity index (χ3v) is 2.25. The van der Waals surface area contributed by atoms with Crippen LogP contribution in [0.2, 0.25) is 0 Å². The van der Waals surface area contributed by atoms with Crippen molar-refractivity contribution < 1.29 is 5.11 Å². The number of aryl methyl sites for hydroxylation is 2. The van der Waals surface area contributed by atoms with Gasteiger partial charge in [0, 0.05) is 5.69 Å². The predicted molar refractivity (Wildman–Crippen MR) is 53.7 cm³/mol. The fraction of sp³-hybridized carbons (Fsp3) is 0.545. The van der Waals surface area contributed by atoms with Crippen molar-refractivity contribution in [3.05, 3.63) is 28.6 Å². The minimum atomic E-state index is 0.0278. The SMILES string of the molecule is Cc1cc(CO)nc(C)c1C(C)C. The molecular formula is C11H17NO. The second-order valence-electron chi connectivity index (χ2n) is 3.74. The van der Waals surface area contributed by atoms with Gasteiger partial charge in [-0.25, -0.2) is 0 Å². The molecule has 13 heavy (non-hydrogen) atoms. The number of aromatic nitrogens is 1. The molecule has 0 atom stereocenters. The number of aliphatic hydroxyl groups is 1. The van der Waals surface area contributed by atoms with Crippen molar-refractivity contribution in [2.45, 2.75) is 40.2 Å². The smallest absolute Gasteiger partial charge is 0.0853 e. The van der Waals surface area contributed by atoms with Crippen LogP contribution >= 0.6 is 0 Å². The maximum Gasteiger partial charge on any atom is 0.0853 e. The number of hydrogen-bond donors (Lipinski definition) is 1. The van der Waals surface area contributed by atoms with Crippen molar-refractivity contribution in [1.82, 2.24) is 4.98 Å². The average molecular weight is 179 g/mol. The summed E-state index contributed by atoms with van der Waals surface area (Å²) >= 11 is 0. The van der Waals surface area contributed by atoms with E-state index in [-0.39, 0.29) is 6.61 Å². The highest BCUT2D eigenvalue weighted by Crippen LogP contribution is 2.22. The monoisotopic (exact) mass is 179 g/mol. The fourth-order valence-electron chi connectivity index (χ4n) is 1.88. The zero-order chi connectivity index (χ0) is 10.0. The summed E-state index contributed by atoms with van der Waals surface area (Å²) in [6.45, 7) is 8.43. The molecule has 0 saturated carbocycles. The molecule has 0 saturated heterocycles. The van der Waals surface area contributed by atoms with Crippen LogP contribution < -0.4 is 0 Å². The van der Waals surface area contributed by atoms with E-state index in [9.17, 15) is 0 Å². The van der Waals surface area contributed by atoms with Gasteiger partial charge in [-0.05, 0) is 37.0 Å². The zero-order valence-corrected chi connectivity index (χ0v) is 8.76. The zero-order valence-electron chi connectivity index (χ0n) is 8.76. The lowest BCUT2D eigenvalue weighted by atomic mass is 9.96. The topological polar surface area (TPSA) is 33.1 Å². The molecule has 2 heteroatoms. The van der Waals surface area contributed by atoms with Crippen molar-refractivity contribution in [3.8, 4) is 0 Å². The standard InChI is InChI=1S/C11H17NO/c1-7(2)11-8(3)5-10(6-13)12-9(11)4/h5,7,13H,6H2,1-4H3. The highest BCUT2D eigenvalue weighted by atomic mass is 16.3. The van der Waals surface area contributed by atoms with Gasteiger partial charge in [0.1, 0.15) is 0 Å². The maximum absolute atomic E-state index is 8.95. The first-order valence-corrected chi connectivity index (χ1v) is 4.64. The number of nitrogens with zero attached hydrogens (tertiary/aromatic N) is 1. The van der Waals surface area contributed by atoms with Crippen molar-refractivity contribution in [3.63, 3.8) is 0 Å². The van der Waals surface area contributed by atoms with Gasteiger partial charge in [0.15, 0.2) is 0 Å². The van der Waals surface area contributed by atoms with Crippen LogP contribution in [-0.4, -0.2) is 10.1 Å². The summed E-state index contributed by atoms with van der Waals surface area (Å²) < 4.78 is 0. The summed E-state index contributed by atoms with van der Waals surface area (Å²) in [5, 5.41) is 8.95. The van der Waals surface area contributed by atoms with Crippen molar-refractivity contribution in [1.29, 1.82) is 0 Å². The highest BCUT2D eigenvalue weighted by molar-refractivity contribution is 5.33. The highest BCUT2D eigenvalue weighted by Gasteiger charge is 2.09. The van der Waals surface area contributed by atoms with Crippen LogP contribution in [0.1, 0.15) is 42.3 Å². The Bertz CT molecular complexity index is 282. The van der Waals surface area contributed by atoms with E-state index in [0.29, 0.717) is 5.92 Å². The number of aliphatic hydroxyl groups excluding tert-OH is 1. The van der Waals surface area contributed by atoms with Crippen molar-refractivity contribution >= 4 is 0 Å². The van der Waals surface area contributed by atoms with Crippen molar-refractivity contribution in [2.75, 3.05) is 0 Å². The predicted octanol–water partition coefficient (Wildman–Crippen LogP) is 2.31. The normalized spacial score (nSPS) is 10.9. The molecule has 0 aliphatic carbocycles. The number of pyridine rings is 1. The van der Waals surface area contributed by atoms with Gasteiger partial charge in [-0.3, -0.25) is 4.98 Å². The lowest BCUT2D eigenvalue weighted by Gasteiger charge is -2.13. The van der Waals surface area contributed by atoms with Crippen LogP contribution in [0.25, 0.3) is 0 Å². The maximum atomic E-state index is 8.95. The van der Waals surface area contributed by atoms with Gasteiger partial charge in [-0.1, -0.05) is 13.8 Å². The molecule has 0 fully saturated rings. The van der Waals surface area contributed by atoms with Gasteiger partial charge >= 0.3 is 0 Å². The lowest BCUT2D eigenvalue weighted by Crippen LogP contribution is -2.02. The van der Waals surface area contributed by atoms with Crippen molar-refractivity contribution in [2.24, 2.45) is 0 Å². The van der Waals surface area contributed by atoms with Crippen LogP contribution in [0.5, 0.6) is 0 Å². The minimum Gasteiger partial charge on any atom is -0.390 e. The molecule has 1 aromatic heterocycles. The van der Waals surface area contributed by atoms with E-state index in [1.807, 2.05) is 13.0 Å². The molecule has 72 valence electrons. The molecule has 0 unspecified atom stereocenters. The molecule has 0 radical (unpaired) electrons. The van der Waals surface area contributed by atoms with Gasteiger partial charge in [-0.15, -0.1) is 0 Å². The Labute approximate surface area is 79.6 Å². The second kappa shape index (κ2) is 3.88. The van der Waals surface area contributed by atoms with Crippen LogP contribution in [0.3, 0.4) is 0 Å². The lowest BCUT2D eigenvalue weighted by molar-refractivity contribution is 0.276. The summed E-state index contributed by atoms with van der Waals surface area (Å²) in [5.41, 5.74) is 4.34. The van der Waals surface area contributed by atoms with E-state index in [0.717, 1.165) is 11.4 Å². The van der Waals surface area contributed by atoms with E-state index in [1.54, 1.807) is 0 Å². The summed E-state index contributed by atoms with van der Waals surface area (Å²) in [7, 11) is 0. The molecule has 0 aliphatic heterocycles. The second-order valence-corrected chi connectivity index (χ2v) is 3.74. The Morgan fingerprint density at radius 1 is 1.38 bits per heavy atom. The molecule has 0 aliphatic rings. The van der Waals surface area contributed by atoms with E-state index < -0.39 is 0 Å². The largest absolute Gasteiger partial charge is 0.390 e. The molecule has 0 bridgehead atoms. The van der Waals surface area contributed by atoms with E-state index in [1.165, 1.54) is 11.1 Å². The minimum absolute atomic E-state index is 0.0278. The quantitative estimate of drug-likeness (QED) is 0.755. The molecule has 2 nitrogen and oxygen atoms in total. The first kappa shape index (κ1) is 10.2. The molecule has 0 amide bonds. The number of hydrogen-bond acceptors (Lipinski definition) is 2. The molecule has 1 rings (SSSR count). The van der Waals surface area contributed by atoms with Gasteiger partial charge in [0.05, 0.1) is 12.3 Å². The average Bonchev–Trinajstić information content (AvgIpc) is 2.02. The number of rotatable bonds is 2. The Balaban J connectivity index is 3.23. The summed E-state index contributed by atoms with van der Waals surface area (Å²) in [4.78, 5) is 4.32. The third-order valence-electron chi connectivity index (χ3n) is 2.25. The fourth-order valence-corrected chi connectivity index (χ4v) is 1.88. The summed E-state index contributed by atoms with van der Waals surface area (Å²) in [6.07, 6.45) is 0. The summed E-state index contributed by atoms with van der Waals surface area (Å²) in [6, 6.07) is 1.96. The van der Waals surface area contributed by atoms with E-state index in [2.05, 4.69) is 25.8 Å². The Morgan fingerprint density at radius 2 is 2.00 bits per heavy atom.